The van der Waals surface area contributed by atoms with Gasteiger partial charge in [-0.25, -0.2) is 5.43 Å². The topological polar surface area (TPSA) is 53.2 Å². The number of hydrogen-bond donors (Lipinski definition) is 3. The molecule has 15 heavy (non-hydrogen) atoms. The summed E-state index contributed by atoms with van der Waals surface area (Å²) in [5, 5.41) is 2.82. The Morgan fingerprint density at radius 3 is 2.60 bits per heavy atom. The molecule has 0 heterocycles. The minimum Gasteiger partial charge on any atom is -0.302 e. The molecular weight excluding hydrogens is 210 g/mol. The van der Waals surface area contributed by atoms with Crippen molar-refractivity contribution in [3.8, 4) is 0 Å². The van der Waals surface area contributed by atoms with E-state index in [-0.39, 0.29) is 11.0 Å². The zero-order valence-electron chi connectivity index (χ0n) is 8.41. The fraction of sp³-hybridized carbons (Fsp3) is 0.200. The zero-order chi connectivity index (χ0) is 11.1. The molecule has 3 N–H and O–H groups in total. The summed E-state index contributed by atoms with van der Waals surface area (Å²) in [5.41, 5.74) is 6.20. The Bertz CT molecular complexity index is 340. The lowest BCUT2D eigenvalue weighted by molar-refractivity contribution is -0.119. The lowest BCUT2D eigenvalue weighted by Gasteiger charge is -2.07. The molecule has 0 atom stereocenters. The van der Waals surface area contributed by atoms with Crippen LogP contribution in [0.15, 0.2) is 30.3 Å². The molecule has 1 rings (SSSR count). The van der Waals surface area contributed by atoms with Crippen LogP contribution in [0.3, 0.4) is 0 Å². The van der Waals surface area contributed by atoms with Crippen LogP contribution in [0.5, 0.6) is 0 Å². The fourth-order valence-electron chi connectivity index (χ4n) is 1.10. The maximum absolute atomic E-state index is 11.4. The third-order valence-electron chi connectivity index (χ3n) is 1.70. The third-order valence-corrected chi connectivity index (χ3v) is 1.90. The lowest BCUT2D eigenvalue weighted by Crippen LogP contribution is -2.45. The van der Waals surface area contributed by atoms with Crippen molar-refractivity contribution in [3.05, 3.63) is 35.9 Å². The van der Waals surface area contributed by atoms with Gasteiger partial charge in [0.15, 0.2) is 5.11 Å². The van der Waals surface area contributed by atoms with Crippen molar-refractivity contribution in [2.24, 2.45) is 0 Å². The van der Waals surface area contributed by atoms with Crippen LogP contribution in [0.25, 0.3) is 0 Å². The molecule has 80 valence electrons. The Hall–Kier alpha value is -1.46. The van der Waals surface area contributed by atoms with Crippen LogP contribution >= 0.6 is 12.2 Å². The number of hydrazine groups is 1. The molecule has 0 saturated carbocycles. The van der Waals surface area contributed by atoms with E-state index in [0.717, 1.165) is 5.56 Å². The van der Waals surface area contributed by atoms with Gasteiger partial charge < -0.3 is 5.32 Å². The molecule has 1 aromatic carbocycles. The lowest BCUT2D eigenvalue weighted by atomic mass is 10.1. The van der Waals surface area contributed by atoms with Gasteiger partial charge in [-0.1, -0.05) is 30.3 Å². The van der Waals surface area contributed by atoms with Crippen LogP contribution in [-0.4, -0.2) is 18.1 Å². The van der Waals surface area contributed by atoms with Gasteiger partial charge in [-0.15, -0.1) is 0 Å². The van der Waals surface area contributed by atoms with Crippen molar-refractivity contribution in [2.75, 3.05) is 7.05 Å². The van der Waals surface area contributed by atoms with Gasteiger partial charge in [0.2, 0.25) is 5.91 Å². The number of nitrogens with one attached hydrogen (secondary N) is 3. The van der Waals surface area contributed by atoms with Gasteiger partial charge >= 0.3 is 0 Å². The van der Waals surface area contributed by atoms with E-state index in [4.69, 9.17) is 12.2 Å². The first kappa shape index (κ1) is 11.6. The van der Waals surface area contributed by atoms with Crippen LogP contribution in [0, 0.1) is 0 Å². The van der Waals surface area contributed by atoms with Gasteiger partial charge in [0.25, 0.3) is 0 Å². The molecule has 0 spiro atoms. The normalized spacial score (nSPS) is 9.40. The van der Waals surface area contributed by atoms with E-state index < -0.39 is 0 Å². The van der Waals surface area contributed by atoms with Gasteiger partial charge in [0.1, 0.15) is 0 Å². The summed E-state index contributed by atoms with van der Waals surface area (Å²) in [6.45, 7) is 0. The number of carbonyl (C=O) groups excluding carboxylic acids is 1. The predicted molar refractivity (Wildman–Crippen MR) is 63.1 cm³/mol. The molecule has 0 unspecified atom stereocenters. The maximum atomic E-state index is 11.4. The molecular formula is C10H13N3OS. The molecule has 1 aromatic rings. The molecule has 0 bridgehead atoms. The van der Waals surface area contributed by atoms with Gasteiger partial charge in [0.05, 0.1) is 6.42 Å². The van der Waals surface area contributed by atoms with E-state index >= 15 is 0 Å². The third kappa shape index (κ3) is 4.53. The van der Waals surface area contributed by atoms with Crippen molar-refractivity contribution in [1.82, 2.24) is 16.2 Å². The minimum atomic E-state index is -0.131. The standard InChI is InChI=1S/C10H13N3OS/c1-11-13-10(15)12-9(14)7-8-5-3-2-4-6-8/h2-6,11H,7H2,1H3,(H2,12,13,14,15). The van der Waals surface area contributed by atoms with Crippen LogP contribution in [0.4, 0.5) is 0 Å². The second kappa shape index (κ2) is 6.10. The van der Waals surface area contributed by atoms with Crippen molar-refractivity contribution < 1.29 is 4.79 Å². The summed E-state index contributed by atoms with van der Waals surface area (Å²) < 4.78 is 0. The van der Waals surface area contributed by atoms with E-state index in [2.05, 4.69) is 16.2 Å². The Labute approximate surface area is 94.0 Å². The maximum Gasteiger partial charge on any atom is 0.230 e. The molecule has 1 amide bonds. The summed E-state index contributed by atoms with van der Waals surface area (Å²) in [5.74, 6) is -0.131. The van der Waals surface area contributed by atoms with Crippen LogP contribution in [0.2, 0.25) is 0 Å². The molecule has 4 nitrogen and oxygen atoms in total. The molecule has 0 fully saturated rings. The molecule has 0 radical (unpaired) electrons. The number of carbonyl (C=O) groups is 1. The van der Waals surface area contributed by atoms with Crippen molar-refractivity contribution in [2.45, 2.75) is 6.42 Å². The van der Waals surface area contributed by atoms with Crippen molar-refractivity contribution >= 4 is 23.2 Å². The minimum absolute atomic E-state index is 0.131. The van der Waals surface area contributed by atoms with Gasteiger partial charge in [0, 0.05) is 7.05 Å². The highest BCUT2D eigenvalue weighted by atomic mass is 32.1. The highest BCUT2D eigenvalue weighted by Gasteiger charge is 2.04. The Morgan fingerprint density at radius 2 is 2.00 bits per heavy atom. The molecule has 0 saturated heterocycles. The average molecular weight is 223 g/mol. The molecule has 0 aliphatic rings. The first-order valence-electron chi connectivity index (χ1n) is 4.53. The van der Waals surface area contributed by atoms with Crippen molar-refractivity contribution in [1.29, 1.82) is 0 Å². The number of rotatable bonds is 3. The summed E-state index contributed by atoms with van der Waals surface area (Å²) in [6.07, 6.45) is 0.326. The SMILES string of the molecule is CNNC(=S)NC(=O)Cc1ccccc1. The Balaban J connectivity index is 2.40. The van der Waals surface area contributed by atoms with Crippen molar-refractivity contribution in [3.63, 3.8) is 0 Å². The number of thiocarbonyl (C=S) groups is 1. The Kier molecular flexibility index (Phi) is 4.73. The van der Waals surface area contributed by atoms with Gasteiger partial charge in [-0.2, -0.15) is 0 Å². The highest BCUT2D eigenvalue weighted by molar-refractivity contribution is 7.80. The van der Waals surface area contributed by atoms with Crippen LogP contribution in [-0.2, 0) is 11.2 Å². The second-order valence-electron chi connectivity index (χ2n) is 2.91. The van der Waals surface area contributed by atoms with E-state index in [1.165, 1.54) is 0 Å². The quantitative estimate of drug-likeness (QED) is 0.511. The smallest absolute Gasteiger partial charge is 0.230 e. The fourth-order valence-corrected chi connectivity index (χ4v) is 1.31. The first-order valence-corrected chi connectivity index (χ1v) is 4.93. The average Bonchev–Trinajstić information content (AvgIpc) is 2.19. The predicted octanol–water partition coefficient (Wildman–Crippen LogP) is 0.354. The number of hydrogen-bond acceptors (Lipinski definition) is 3. The van der Waals surface area contributed by atoms with Crippen LogP contribution in [0.1, 0.15) is 5.56 Å². The second-order valence-corrected chi connectivity index (χ2v) is 3.32. The monoisotopic (exact) mass is 223 g/mol. The molecule has 0 aliphatic carbocycles. The van der Waals surface area contributed by atoms with E-state index in [9.17, 15) is 4.79 Å². The number of amides is 1. The van der Waals surface area contributed by atoms with E-state index in [1.54, 1.807) is 7.05 Å². The molecule has 0 aliphatic heterocycles. The summed E-state index contributed by atoms with van der Waals surface area (Å²) in [7, 11) is 1.68. The largest absolute Gasteiger partial charge is 0.302 e. The van der Waals surface area contributed by atoms with E-state index in [1.807, 2.05) is 30.3 Å². The first-order chi connectivity index (χ1) is 7.22. The summed E-state index contributed by atoms with van der Waals surface area (Å²) >= 11 is 4.84. The number of benzene rings is 1. The Morgan fingerprint density at radius 1 is 1.33 bits per heavy atom. The summed E-state index contributed by atoms with van der Waals surface area (Å²) in [4.78, 5) is 11.4. The molecule has 5 heteroatoms. The van der Waals surface area contributed by atoms with Gasteiger partial charge in [-0.3, -0.25) is 10.2 Å². The molecule has 0 aromatic heterocycles. The van der Waals surface area contributed by atoms with Crippen LogP contribution < -0.4 is 16.2 Å². The zero-order valence-corrected chi connectivity index (χ0v) is 9.23. The van der Waals surface area contributed by atoms with Gasteiger partial charge in [-0.05, 0) is 17.8 Å². The summed E-state index contributed by atoms with van der Waals surface area (Å²) in [6, 6.07) is 9.50. The highest BCUT2D eigenvalue weighted by Crippen LogP contribution is 1.98. The van der Waals surface area contributed by atoms with E-state index in [0.29, 0.717) is 6.42 Å².